The molecule has 16 heavy (non-hydrogen) atoms. The molecule has 2 saturated heterocycles. The highest BCUT2D eigenvalue weighted by molar-refractivity contribution is 5.78. The predicted octanol–water partition coefficient (Wildman–Crippen LogP) is 0.671. The molecule has 0 bridgehead atoms. The summed E-state index contributed by atoms with van der Waals surface area (Å²) < 4.78 is 5.25. The lowest BCUT2D eigenvalue weighted by molar-refractivity contribution is -0.127. The normalized spacial score (nSPS) is 26.9. The van der Waals surface area contributed by atoms with E-state index in [9.17, 15) is 4.79 Å². The van der Waals surface area contributed by atoms with Crippen molar-refractivity contribution in [3.8, 4) is 0 Å². The van der Waals surface area contributed by atoms with Crippen molar-refractivity contribution in [1.82, 2.24) is 10.6 Å². The van der Waals surface area contributed by atoms with Crippen LogP contribution in [0.4, 0.5) is 0 Å². The molecule has 0 saturated carbocycles. The molecule has 2 aliphatic rings. The van der Waals surface area contributed by atoms with Crippen LogP contribution in [0.5, 0.6) is 0 Å². The third-order valence-corrected chi connectivity index (χ3v) is 3.55. The maximum atomic E-state index is 11.8. The quantitative estimate of drug-likeness (QED) is 0.741. The molecular weight excluding hydrogens is 204 g/mol. The van der Waals surface area contributed by atoms with Crippen LogP contribution in [0.15, 0.2) is 0 Å². The summed E-state index contributed by atoms with van der Waals surface area (Å²) in [5, 5.41) is 6.48. The lowest BCUT2D eigenvalue weighted by Crippen LogP contribution is -2.36. The Hall–Kier alpha value is -0.610. The van der Waals surface area contributed by atoms with E-state index in [1.807, 2.05) is 0 Å². The molecule has 0 radical (unpaired) electrons. The molecule has 4 heteroatoms. The second kappa shape index (κ2) is 6.21. The number of ether oxygens (including phenoxy) is 1. The summed E-state index contributed by atoms with van der Waals surface area (Å²) in [5.74, 6) is 0.409. The first-order valence-electron chi connectivity index (χ1n) is 6.45. The maximum Gasteiger partial charge on any atom is 0.223 e. The minimum atomic E-state index is 0.185. The van der Waals surface area contributed by atoms with Crippen LogP contribution in [0, 0.1) is 5.92 Å². The Morgan fingerprint density at radius 1 is 1.31 bits per heavy atom. The third kappa shape index (κ3) is 3.46. The Labute approximate surface area is 97.1 Å². The van der Waals surface area contributed by atoms with Crippen LogP contribution >= 0.6 is 0 Å². The molecule has 1 unspecified atom stereocenters. The van der Waals surface area contributed by atoms with Gasteiger partial charge >= 0.3 is 0 Å². The average molecular weight is 226 g/mol. The molecule has 2 N–H and O–H groups in total. The van der Waals surface area contributed by atoms with Gasteiger partial charge in [0.15, 0.2) is 0 Å². The topological polar surface area (TPSA) is 50.4 Å². The highest BCUT2D eigenvalue weighted by Gasteiger charge is 2.21. The number of carbonyl (C=O) groups excluding carboxylic acids is 1. The van der Waals surface area contributed by atoms with E-state index in [-0.39, 0.29) is 11.8 Å². The fourth-order valence-corrected chi connectivity index (χ4v) is 2.48. The van der Waals surface area contributed by atoms with Gasteiger partial charge in [0, 0.05) is 31.7 Å². The second-order valence-corrected chi connectivity index (χ2v) is 4.76. The molecule has 2 aliphatic heterocycles. The predicted molar refractivity (Wildman–Crippen MR) is 62.2 cm³/mol. The van der Waals surface area contributed by atoms with Gasteiger partial charge in [0.25, 0.3) is 0 Å². The summed E-state index contributed by atoms with van der Waals surface area (Å²) in [5.41, 5.74) is 0. The van der Waals surface area contributed by atoms with Crippen molar-refractivity contribution < 1.29 is 9.53 Å². The maximum absolute atomic E-state index is 11.8. The monoisotopic (exact) mass is 226 g/mol. The second-order valence-electron chi connectivity index (χ2n) is 4.76. The first kappa shape index (κ1) is 11.9. The van der Waals surface area contributed by atoms with Crippen molar-refractivity contribution in [2.75, 3.05) is 26.3 Å². The van der Waals surface area contributed by atoms with Gasteiger partial charge in [0.1, 0.15) is 0 Å². The first-order valence-corrected chi connectivity index (χ1v) is 6.45. The van der Waals surface area contributed by atoms with Gasteiger partial charge in [-0.25, -0.2) is 0 Å². The van der Waals surface area contributed by atoms with E-state index in [1.54, 1.807) is 0 Å². The molecule has 0 aliphatic carbocycles. The Morgan fingerprint density at radius 3 is 2.81 bits per heavy atom. The number of hydrogen-bond acceptors (Lipinski definition) is 3. The Bertz CT molecular complexity index is 221. The molecule has 1 amide bonds. The fourth-order valence-electron chi connectivity index (χ4n) is 2.48. The van der Waals surface area contributed by atoms with Crippen LogP contribution in [-0.2, 0) is 9.53 Å². The first-order chi connectivity index (χ1) is 7.86. The summed E-state index contributed by atoms with van der Waals surface area (Å²) in [4.78, 5) is 11.8. The van der Waals surface area contributed by atoms with Crippen LogP contribution in [0.25, 0.3) is 0 Å². The summed E-state index contributed by atoms with van der Waals surface area (Å²) >= 11 is 0. The van der Waals surface area contributed by atoms with E-state index < -0.39 is 0 Å². The summed E-state index contributed by atoms with van der Waals surface area (Å²) in [7, 11) is 0. The number of carbonyl (C=O) groups is 1. The van der Waals surface area contributed by atoms with E-state index in [2.05, 4.69) is 10.6 Å². The molecule has 4 nitrogen and oxygen atoms in total. The lowest BCUT2D eigenvalue weighted by atomic mass is 9.99. The number of amides is 1. The molecule has 2 rings (SSSR count). The molecule has 1 atom stereocenters. The minimum Gasteiger partial charge on any atom is -0.381 e. The Balaban J connectivity index is 1.59. The molecule has 2 fully saturated rings. The van der Waals surface area contributed by atoms with Gasteiger partial charge < -0.3 is 15.4 Å². The number of hydrogen-bond donors (Lipinski definition) is 2. The lowest BCUT2D eigenvalue weighted by Gasteiger charge is -2.21. The van der Waals surface area contributed by atoms with Crippen molar-refractivity contribution in [1.29, 1.82) is 0 Å². The zero-order chi connectivity index (χ0) is 11.2. The van der Waals surface area contributed by atoms with Crippen LogP contribution in [0.2, 0.25) is 0 Å². The largest absolute Gasteiger partial charge is 0.381 e. The summed E-state index contributed by atoms with van der Waals surface area (Å²) in [6.45, 7) is 3.43. The van der Waals surface area contributed by atoms with Gasteiger partial charge in [0.2, 0.25) is 5.91 Å². The molecule has 0 aromatic rings. The van der Waals surface area contributed by atoms with E-state index >= 15 is 0 Å². The fraction of sp³-hybridized carbons (Fsp3) is 0.917. The zero-order valence-electron chi connectivity index (χ0n) is 9.84. The van der Waals surface area contributed by atoms with Crippen LogP contribution in [-0.4, -0.2) is 38.3 Å². The van der Waals surface area contributed by atoms with Crippen molar-refractivity contribution in [2.24, 2.45) is 5.92 Å². The van der Waals surface area contributed by atoms with Crippen LogP contribution in [0.1, 0.15) is 32.1 Å². The van der Waals surface area contributed by atoms with E-state index in [0.29, 0.717) is 6.04 Å². The van der Waals surface area contributed by atoms with Crippen molar-refractivity contribution in [3.05, 3.63) is 0 Å². The van der Waals surface area contributed by atoms with Gasteiger partial charge in [-0.2, -0.15) is 0 Å². The summed E-state index contributed by atoms with van der Waals surface area (Å²) in [6, 6.07) is 0.620. The standard InChI is InChI=1S/C12H22N2O2/c15-12(10-4-8-16-9-5-10)14-7-3-11-2-1-6-13-11/h10-11,13H,1-9H2,(H,14,15). The van der Waals surface area contributed by atoms with E-state index in [1.165, 1.54) is 12.8 Å². The third-order valence-electron chi connectivity index (χ3n) is 3.55. The van der Waals surface area contributed by atoms with Crippen molar-refractivity contribution in [2.45, 2.75) is 38.1 Å². The van der Waals surface area contributed by atoms with Crippen LogP contribution in [0.3, 0.4) is 0 Å². The zero-order valence-corrected chi connectivity index (χ0v) is 9.84. The van der Waals surface area contributed by atoms with Gasteiger partial charge in [-0.1, -0.05) is 0 Å². The average Bonchev–Trinajstić information content (AvgIpc) is 2.83. The smallest absolute Gasteiger partial charge is 0.223 e. The van der Waals surface area contributed by atoms with Gasteiger partial charge in [-0.3, -0.25) is 4.79 Å². The molecule has 0 spiro atoms. The Morgan fingerprint density at radius 2 is 2.12 bits per heavy atom. The van der Waals surface area contributed by atoms with Gasteiger partial charge in [0.05, 0.1) is 0 Å². The minimum absolute atomic E-state index is 0.185. The van der Waals surface area contributed by atoms with E-state index in [0.717, 1.165) is 45.6 Å². The Kier molecular flexibility index (Phi) is 4.60. The number of nitrogens with one attached hydrogen (secondary N) is 2. The number of rotatable bonds is 4. The molecule has 2 heterocycles. The highest BCUT2D eigenvalue weighted by Crippen LogP contribution is 2.14. The highest BCUT2D eigenvalue weighted by atomic mass is 16.5. The van der Waals surface area contributed by atoms with Gasteiger partial charge in [-0.05, 0) is 38.6 Å². The van der Waals surface area contributed by atoms with Crippen LogP contribution < -0.4 is 10.6 Å². The molecule has 0 aromatic heterocycles. The molecule has 0 aromatic carbocycles. The molecule has 92 valence electrons. The van der Waals surface area contributed by atoms with Crippen molar-refractivity contribution >= 4 is 5.91 Å². The van der Waals surface area contributed by atoms with E-state index in [4.69, 9.17) is 4.74 Å². The molecular formula is C12H22N2O2. The van der Waals surface area contributed by atoms with Crippen molar-refractivity contribution in [3.63, 3.8) is 0 Å². The summed E-state index contributed by atoms with van der Waals surface area (Å²) in [6.07, 6.45) is 5.36. The SMILES string of the molecule is O=C(NCCC1CCCN1)C1CCOCC1. The van der Waals surface area contributed by atoms with Gasteiger partial charge in [-0.15, -0.1) is 0 Å².